The topological polar surface area (TPSA) is 79.6 Å². The van der Waals surface area contributed by atoms with E-state index >= 15 is 0 Å². The van der Waals surface area contributed by atoms with Gasteiger partial charge in [0.1, 0.15) is 0 Å². The van der Waals surface area contributed by atoms with Crippen molar-refractivity contribution >= 4 is 28.8 Å². The molecule has 3 aromatic rings. The van der Waals surface area contributed by atoms with Gasteiger partial charge in [0.2, 0.25) is 5.91 Å². The molecule has 1 fully saturated rings. The molecule has 7 nitrogen and oxygen atoms in total. The number of nitrogens with one attached hydrogen (secondary N) is 1. The average molecular weight is 398 g/mol. The van der Waals surface area contributed by atoms with Gasteiger partial charge in [-0.1, -0.05) is 13.0 Å². The molecule has 1 aliphatic rings. The van der Waals surface area contributed by atoms with Crippen LogP contribution in [0.15, 0.2) is 30.5 Å². The minimum atomic E-state index is -0.190. The first kappa shape index (κ1) is 18.6. The van der Waals surface area contributed by atoms with E-state index in [0.29, 0.717) is 11.4 Å². The zero-order valence-electron chi connectivity index (χ0n) is 16.0. The molecular formula is C20H23N5O2S. The summed E-state index contributed by atoms with van der Waals surface area (Å²) in [6, 6.07) is 7.51. The third-order valence-corrected chi connectivity index (χ3v) is 6.56. The number of rotatable bonds is 5. The van der Waals surface area contributed by atoms with E-state index in [0.717, 1.165) is 36.3 Å². The van der Waals surface area contributed by atoms with Crippen LogP contribution in [0, 0.1) is 6.92 Å². The molecule has 4 heterocycles. The van der Waals surface area contributed by atoms with Gasteiger partial charge >= 0.3 is 0 Å². The molecule has 146 valence electrons. The second-order valence-electron chi connectivity index (χ2n) is 6.99. The summed E-state index contributed by atoms with van der Waals surface area (Å²) >= 11 is 1.49. The molecule has 0 aliphatic carbocycles. The van der Waals surface area contributed by atoms with Crippen LogP contribution in [0.5, 0.6) is 0 Å². The summed E-state index contributed by atoms with van der Waals surface area (Å²) in [5.74, 6) is 0.492. The van der Waals surface area contributed by atoms with E-state index in [9.17, 15) is 9.59 Å². The van der Waals surface area contributed by atoms with Gasteiger partial charge in [-0.3, -0.25) is 14.0 Å². The number of fused-ring (bicyclic) bond motifs is 1. The summed E-state index contributed by atoms with van der Waals surface area (Å²) in [6.07, 6.45) is 4.58. The molecule has 4 rings (SSSR count). The molecule has 1 aliphatic heterocycles. The number of nitrogens with zero attached hydrogens (tertiary/aromatic N) is 4. The zero-order chi connectivity index (χ0) is 19.7. The maximum atomic E-state index is 12.8. The Morgan fingerprint density at radius 2 is 2.18 bits per heavy atom. The zero-order valence-corrected chi connectivity index (χ0v) is 16.8. The molecule has 1 saturated heterocycles. The van der Waals surface area contributed by atoms with Gasteiger partial charge < -0.3 is 10.2 Å². The van der Waals surface area contributed by atoms with Crippen LogP contribution in [0.25, 0.3) is 5.65 Å². The number of aromatic nitrogens is 3. The summed E-state index contributed by atoms with van der Waals surface area (Å²) < 4.78 is 1.93. The Bertz CT molecular complexity index is 1020. The molecule has 3 aromatic heterocycles. The summed E-state index contributed by atoms with van der Waals surface area (Å²) in [5, 5.41) is 11.3. The molecule has 28 heavy (non-hydrogen) atoms. The highest BCUT2D eigenvalue weighted by molar-refractivity contribution is 7.14. The number of carbonyl (C=O) groups excluding carboxylic acids is 2. The number of amides is 2. The summed E-state index contributed by atoms with van der Waals surface area (Å²) in [7, 11) is 0. The number of aryl methyl sites for hydroxylation is 2. The SMILES string of the molecule is CCc1sc(C(=O)NCC(=O)N2CCCC2c2nnc3ccccn23)cc1C. The van der Waals surface area contributed by atoms with Crippen LogP contribution in [-0.4, -0.2) is 44.4 Å². The molecule has 1 N–H and O–H groups in total. The van der Waals surface area contributed by atoms with Crippen LogP contribution in [-0.2, 0) is 11.2 Å². The Morgan fingerprint density at radius 1 is 1.32 bits per heavy atom. The normalized spacial score (nSPS) is 16.6. The number of thiophene rings is 1. The standard InChI is InChI=1S/C20H23N5O2S/c1-3-15-13(2)11-16(28-15)20(27)21-12-18(26)24-10-6-7-14(24)19-23-22-17-8-4-5-9-25(17)19/h4-5,8-9,11,14H,3,6-7,10,12H2,1-2H3,(H,21,27). The van der Waals surface area contributed by atoms with Gasteiger partial charge in [0.15, 0.2) is 11.5 Å². The first-order chi connectivity index (χ1) is 13.6. The predicted octanol–water partition coefficient (Wildman–Crippen LogP) is 2.76. The molecule has 1 atom stereocenters. The fourth-order valence-electron chi connectivity index (χ4n) is 3.75. The summed E-state index contributed by atoms with van der Waals surface area (Å²) in [4.78, 5) is 28.9. The number of likely N-dealkylation sites (tertiary alicyclic amines) is 1. The second-order valence-corrected chi connectivity index (χ2v) is 8.12. The third-order valence-electron chi connectivity index (χ3n) is 5.18. The third kappa shape index (κ3) is 3.40. The Labute approximate surface area is 167 Å². The highest BCUT2D eigenvalue weighted by Crippen LogP contribution is 2.31. The van der Waals surface area contributed by atoms with E-state index in [1.165, 1.54) is 16.2 Å². The van der Waals surface area contributed by atoms with Crippen molar-refractivity contribution in [3.63, 3.8) is 0 Å². The van der Waals surface area contributed by atoms with Crippen molar-refractivity contribution in [1.82, 2.24) is 24.8 Å². The maximum absolute atomic E-state index is 12.8. The number of hydrogen-bond acceptors (Lipinski definition) is 5. The maximum Gasteiger partial charge on any atom is 0.261 e. The first-order valence-corrected chi connectivity index (χ1v) is 10.4. The highest BCUT2D eigenvalue weighted by Gasteiger charge is 2.33. The smallest absolute Gasteiger partial charge is 0.261 e. The monoisotopic (exact) mass is 397 g/mol. The van der Waals surface area contributed by atoms with Crippen molar-refractivity contribution in [2.45, 2.75) is 39.2 Å². The van der Waals surface area contributed by atoms with E-state index in [2.05, 4.69) is 22.4 Å². The van der Waals surface area contributed by atoms with E-state index in [4.69, 9.17) is 0 Å². The fraction of sp³-hybridized carbons (Fsp3) is 0.400. The largest absolute Gasteiger partial charge is 0.342 e. The van der Waals surface area contributed by atoms with Crippen molar-refractivity contribution in [2.75, 3.05) is 13.1 Å². The summed E-state index contributed by atoms with van der Waals surface area (Å²) in [6.45, 7) is 4.74. The minimum absolute atomic E-state index is 0.00945. The molecular weight excluding hydrogens is 374 g/mol. The molecule has 0 radical (unpaired) electrons. The highest BCUT2D eigenvalue weighted by atomic mass is 32.1. The molecule has 0 aromatic carbocycles. The molecule has 1 unspecified atom stereocenters. The van der Waals surface area contributed by atoms with Crippen LogP contribution in [0.2, 0.25) is 0 Å². The Morgan fingerprint density at radius 3 is 2.96 bits per heavy atom. The van der Waals surface area contributed by atoms with Crippen molar-refractivity contribution in [2.24, 2.45) is 0 Å². The molecule has 8 heteroatoms. The second kappa shape index (κ2) is 7.71. The van der Waals surface area contributed by atoms with Gasteiger partial charge in [-0.2, -0.15) is 0 Å². The van der Waals surface area contributed by atoms with Gasteiger partial charge in [-0.25, -0.2) is 0 Å². The van der Waals surface area contributed by atoms with Crippen molar-refractivity contribution in [1.29, 1.82) is 0 Å². The lowest BCUT2D eigenvalue weighted by molar-refractivity contribution is -0.131. The average Bonchev–Trinajstić information content (AvgIpc) is 3.42. The lowest BCUT2D eigenvalue weighted by Crippen LogP contribution is -2.40. The van der Waals surface area contributed by atoms with Gasteiger partial charge in [-0.15, -0.1) is 21.5 Å². The number of pyridine rings is 1. The first-order valence-electron chi connectivity index (χ1n) is 9.55. The molecule has 0 saturated carbocycles. The molecule has 0 spiro atoms. The number of hydrogen-bond donors (Lipinski definition) is 1. The Balaban J connectivity index is 1.44. The minimum Gasteiger partial charge on any atom is -0.342 e. The van der Waals surface area contributed by atoms with E-state index in [1.807, 2.05) is 41.8 Å². The van der Waals surface area contributed by atoms with E-state index in [1.54, 1.807) is 4.90 Å². The predicted molar refractivity (Wildman–Crippen MR) is 107 cm³/mol. The summed E-state index contributed by atoms with van der Waals surface area (Å²) in [5.41, 5.74) is 1.90. The molecule has 2 amide bonds. The van der Waals surface area contributed by atoms with Crippen LogP contribution in [0.4, 0.5) is 0 Å². The lowest BCUT2D eigenvalue weighted by atomic mass is 10.2. The quantitative estimate of drug-likeness (QED) is 0.718. The van der Waals surface area contributed by atoms with E-state index in [-0.39, 0.29) is 24.4 Å². The molecule has 0 bridgehead atoms. The van der Waals surface area contributed by atoms with Gasteiger partial charge in [0.05, 0.1) is 17.5 Å². The van der Waals surface area contributed by atoms with Crippen molar-refractivity contribution in [3.05, 3.63) is 51.6 Å². The van der Waals surface area contributed by atoms with Crippen LogP contribution < -0.4 is 5.32 Å². The van der Waals surface area contributed by atoms with Crippen molar-refractivity contribution in [3.8, 4) is 0 Å². The lowest BCUT2D eigenvalue weighted by Gasteiger charge is -2.23. The van der Waals surface area contributed by atoms with Crippen molar-refractivity contribution < 1.29 is 9.59 Å². The van der Waals surface area contributed by atoms with E-state index < -0.39 is 0 Å². The van der Waals surface area contributed by atoms with Gasteiger partial charge in [-0.05, 0) is 49.9 Å². The van der Waals surface area contributed by atoms with Gasteiger partial charge in [0, 0.05) is 17.6 Å². The fourth-order valence-corrected chi connectivity index (χ4v) is 4.78. The van der Waals surface area contributed by atoms with Crippen LogP contribution in [0.3, 0.4) is 0 Å². The Hall–Kier alpha value is -2.74. The van der Waals surface area contributed by atoms with Gasteiger partial charge in [0.25, 0.3) is 5.91 Å². The number of carbonyl (C=O) groups is 2. The van der Waals surface area contributed by atoms with Crippen LogP contribution in [0.1, 0.15) is 51.7 Å². The Kier molecular flexibility index (Phi) is 5.13. The van der Waals surface area contributed by atoms with Crippen LogP contribution >= 0.6 is 11.3 Å².